The third-order valence-electron chi connectivity index (χ3n) is 2.03. The van der Waals surface area contributed by atoms with Gasteiger partial charge in [-0.15, -0.1) is 0 Å². The van der Waals surface area contributed by atoms with Crippen molar-refractivity contribution in [2.75, 3.05) is 12.3 Å². The third-order valence-corrected chi connectivity index (χ3v) is 6.24. The fraction of sp³-hybridized carbons (Fsp3) is 1.00. The van der Waals surface area contributed by atoms with E-state index in [0.29, 0.717) is 0 Å². The van der Waals surface area contributed by atoms with Crippen molar-refractivity contribution in [2.24, 2.45) is 0 Å². The number of hydrogen-bond donors (Lipinski definition) is 0. The van der Waals surface area contributed by atoms with E-state index >= 15 is 0 Å². The van der Waals surface area contributed by atoms with Crippen LogP contribution in [0.4, 0.5) is 0 Å². The summed E-state index contributed by atoms with van der Waals surface area (Å²) in [6, 6.07) is 0. The quantitative estimate of drug-likeness (QED) is 0.224. The summed E-state index contributed by atoms with van der Waals surface area (Å²) in [5, 5.41) is 0. The molecule has 0 N–H and O–H groups in total. The predicted molar refractivity (Wildman–Crippen MR) is 60.4 cm³/mol. The Bertz CT molecular complexity index is 167. The zero-order valence-corrected chi connectivity index (χ0v) is 12.5. The van der Waals surface area contributed by atoms with Crippen molar-refractivity contribution in [1.29, 1.82) is 0 Å². The zero-order valence-electron chi connectivity index (χ0n) is 8.82. The summed E-state index contributed by atoms with van der Waals surface area (Å²) in [4.78, 5) is 0. The van der Waals surface area contributed by atoms with Gasteiger partial charge in [-0.2, -0.15) is 0 Å². The van der Waals surface area contributed by atoms with Crippen molar-refractivity contribution >= 4 is 23.8 Å². The average molecular weight is 316 g/mol. The summed E-state index contributed by atoms with van der Waals surface area (Å²) in [5.41, 5.74) is 0. The van der Waals surface area contributed by atoms with Crippen LogP contribution in [0.2, 0.25) is 0 Å². The molecule has 1 rings (SSSR count). The Morgan fingerprint density at radius 2 is 2.00 bits per heavy atom. The Labute approximate surface area is 107 Å². The first kappa shape index (κ1) is 13.4. The van der Waals surface area contributed by atoms with Crippen LogP contribution in [-0.4, -0.2) is 20.1 Å². The molecule has 0 aromatic carbocycles. The fourth-order valence-electron chi connectivity index (χ4n) is 1.02. The molecular weight excluding hydrogens is 298 g/mol. The minimum absolute atomic E-state index is 0.0190. The van der Waals surface area contributed by atoms with Gasteiger partial charge in [-0.05, 0) is 0 Å². The van der Waals surface area contributed by atoms with Crippen LogP contribution in [0.15, 0.2) is 0 Å². The van der Waals surface area contributed by atoms with Crippen LogP contribution in [0.25, 0.3) is 0 Å². The van der Waals surface area contributed by atoms with Crippen LogP contribution in [0, 0.1) is 0 Å². The van der Waals surface area contributed by atoms with E-state index in [1.54, 1.807) is 12.0 Å². The van der Waals surface area contributed by atoms with Crippen molar-refractivity contribution < 1.29 is 24.2 Å². The zero-order chi connectivity index (χ0) is 10.4. The number of rotatable bonds is 8. The Hall–Kier alpha value is 1.31. The van der Waals surface area contributed by atoms with Crippen molar-refractivity contribution in [1.82, 2.24) is 3.46 Å². The first-order chi connectivity index (χ1) is 6.75. The van der Waals surface area contributed by atoms with Gasteiger partial charge in [-0.3, -0.25) is 0 Å². The summed E-state index contributed by atoms with van der Waals surface area (Å²) in [5.74, 6) is 1.21. The van der Waals surface area contributed by atoms with E-state index in [0.717, 1.165) is 6.54 Å². The van der Waals surface area contributed by atoms with Crippen molar-refractivity contribution in [3.05, 3.63) is 0 Å². The molecule has 0 bridgehead atoms. The molecule has 1 heterocycles. The summed E-state index contributed by atoms with van der Waals surface area (Å²) in [6.07, 6.45) is 5.08. The molecule has 1 fully saturated rings. The van der Waals surface area contributed by atoms with E-state index in [4.69, 9.17) is 4.18 Å². The van der Waals surface area contributed by atoms with Crippen molar-refractivity contribution in [3.8, 4) is 0 Å². The molecule has 0 saturated carbocycles. The first-order valence-corrected chi connectivity index (χ1v) is 7.83. The standard InChI is InChI=1S/C9H18NOS2.Mo/c1-3-5-7-10-9(11-13-9)12-8-6-4-2;/h3-8H2,1-2H3;/q-1;+1. The summed E-state index contributed by atoms with van der Waals surface area (Å²) in [6.45, 7) is 5.61. The maximum atomic E-state index is 5.51. The van der Waals surface area contributed by atoms with Crippen LogP contribution in [0.1, 0.15) is 39.5 Å². The summed E-state index contributed by atoms with van der Waals surface area (Å²) >= 11 is 5.64. The normalized spacial score (nSPS) is 25.6. The van der Waals surface area contributed by atoms with Crippen LogP contribution in [0.3, 0.4) is 0 Å². The summed E-state index contributed by atoms with van der Waals surface area (Å²) < 4.78 is 7.84. The van der Waals surface area contributed by atoms with Crippen LogP contribution < -0.4 is 0 Å². The molecule has 1 atom stereocenters. The molecule has 1 aliphatic heterocycles. The second-order valence-corrected chi connectivity index (χ2v) is 6.83. The molecule has 0 aromatic rings. The number of nitrogens with zero attached hydrogens (tertiary/aromatic N) is 1. The molecule has 0 spiro atoms. The Kier molecular flexibility index (Phi) is 6.49. The van der Waals surface area contributed by atoms with Gasteiger partial charge in [0, 0.05) is 0 Å². The van der Waals surface area contributed by atoms with Gasteiger partial charge >= 0.3 is 108 Å². The van der Waals surface area contributed by atoms with Gasteiger partial charge in [0.25, 0.3) is 0 Å². The van der Waals surface area contributed by atoms with Gasteiger partial charge in [0.15, 0.2) is 0 Å². The van der Waals surface area contributed by atoms with E-state index < -0.39 is 0 Å². The molecule has 14 heavy (non-hydrogen) atoms. The molecule has 0 amide bonds. The number of unbranched alkanes of at least 4 members (excludes halogenated alkanes) is 2. The third kappa shape index (κ3) is 4.05. The van der Waals surface area contributed by atoms with Crippen LogP contribution in [-0.2, 0) is 24.2 Å². The molecule has 1 unspecified atom stereocenters. The van der Waals surface area contributed by atoms with E-state index in [9.17, 15) is 0 Å². The molecule has 1 saturated heterocycles. The van der Waals surface area contributed by atoms with Gasteiger partial charge in [-0.1, -0.05) is 0 Å². The molecule has 83 valence electrons. The number of hydrogen-bond acceptors (Lipinski definition) is 4. The minimum atomic E-state index is -0.0190. The monoisotopic (exact) mass is 318 g/mol. The van der Waals surface area contributed by atoms with E-state index in [1.165, 1.54) is 31.4 Å². The van der Waals surface area contributed by atoms with Crippen LogP contribution >= 0.6 is 23.8 Å². The molecule has 1 aliphatic rings. The van der Waals surface area contributed by atoms with Gasteiger partial charge in [-0.25, -0.2) is 0 Å². The van der Waals surface area contributed by atoms with Crippen molar-refractivity contribution in [3.63, 3.8) is 0 Å². The maximum absolute atomic E-state index is 5.51. The first-order valence-electron chi connectivity index (χ1n) is 5.20. The fourth-order valence-corrected chi connectivity index (χ4v) is 4.17. The average Bonchev–Trinajstić information content (AvgIpc) is 2.96. The molecule has 0 aromatic heterocycles. The van der Waals surface area contributed by atoms with Crippen LogP contribution in [0.5, 0.6) is 0 Å². The van der Waals surface area contributed by atoms with E-state index in [2.05, 4.69) is 37.4 Å². The Morgan fingerprint density at radius 3 is 2.50 bits per heavy atom. The number of thioether (sulfide) groups is 1. The second-order valence-electron chi connectivity index (χ2n) is 3.35. The topological polar surface area (TPSA) is 15.8 Å². The SMILES string of the molecule is CCCCSC1([N]([Mo])CCCC)OS1. The van der Waals surface area contributed by atoms with Gasteiger partial charge in [0.2, 0.25) is 0 Å². The molecule has 0 aliphatic carbocycles. The van der Waals surface area contributed by atoms with E-state index in [1.807, 2.05) is 11.8 Å². The molecule has 0 radical (unpaired) electrons. The van der Waals surface area contributed by atoms with Gasteiger partial charge < -0.3 is 0 Å². The predicted octanol–water partition coefficient (Wildman–Crippen LogP) is 3.37. The Balaban J connectivity index is 2.19. The van der Waals surface area contributed by atoms with Gasteiger partial charge in [0.1, 0.15) is 0 Å². The Morgan fingerprint density at radius 1 is 1.36 bits per heavy atom. The molecular formula is C9H18MoNOS2. The van der Waals surface area contributed by atoms with Gasteiger partial charge in [0.05, 0.1) is 0 Å². The second kappa shape index (κ2) is 6.80. The van der Waals surface area contributed by atoms with E-state index in [-0.39, 0.29) is 4.39 Å². The summed E-state index contributed by atoms with van der Waals surface area (Å²) in [7, 11) is 0. The van der Waals surface area contributed by atoms with Crippen molar-refractivity contribution in [2.45, 2.75) is 43.9 Å². The molecule has 2 nitrogen and oxygen atoms in total. The molecule has 5 heteroatoms.